The Kier molecular flexibility index (Phi) is 2.46. The van der Waals surface area contributed by atoms with Crippen molar-refractivity contribution < 1.29 is 4.74 Å². The fourth-order valence-electron chi connectivity index (χ4n) is 0.788. The van der Waals surface area contributed by atoms with Gasteiger partial charge in [-0.2, -0.15) is 0 Å². The zero-order valence-electron chi connectivity index (χ0n) is 5.34. The van der Waals surface area contributed by atoms with Crippen molar-refractivity contribution in [2.24, 2.45) is 4.99 Å². The van der Waals surface area contributed by atoms with Crippen LogP contribution < -0.4 is 0 Å². The van der Waals surface area contributed by atoms with Gasteiger partial charge >= 0.3 is 0 Å². The minimum absolute atomic E-state index is 0.622. The molecule has 0 spiro atoms. The van der Waals surface area contributed by atoms with Gasteiger partial charge in [0.2, 0.25) is 0 Å². The Morgan fingerprint density at radius 1 is 1.78 bits per heavy atom. The predicted octanol–water partition coefficient (Wildman–Crippen LogP) is 1.54. The third kappa shape index (κ3) is 1.98. The average molecular weight is 124 g/mol. The Morgan fingerprint density at radius 3 is 3.22 bits per heavy atom. The van der Waals surface area contributed by atoms with Gasteiger partial charge in [0.25, 0.3) is 0 Å². The number of nitrogens with zero attached hydrogens (tertiary/aromatic N) is 1. The van der Waals surface area contributed by atoms with E-state index in [1.54, 1.807) is 0 Å². The molecule has 0 amide bonds. The number of rotatable bonds is 2. The summed E-state index contributed by atoms with van der Waals surface area (Å²) in [6.45, 7) is 0.622. The predicted molar refractivity (Wildman–Crippen MR) is 37.1 cm³/mol. The maximum absolute atomic E-state index is 4.69. The molecule has 2 nitrogen and oxygen atoms in total. The summed E-state index contributed by atoms with van der Waals surface area (Å²) in [5.41, 5.74) is 1.23. The highest BCUT2D eigenvalue weighted by atomic mass is 16.5. The van der Waals surface area contributed by atoms with Crippen molar-refractivity contribution in [2.45, 2.75) is 12.8 Å². The number of hydrogen-bond donors (Lipinski definition) is 0. The quantitative estimate of drug-likeness (QED) is 0.547. The highest BCUT2D eigenvalue weighted by Gasteiger charge is 1.97. The zero-order chi connectivity index (χ0) is 6.53. The maximum atomic E-state index is 4.69. The molecule has 0 unspecified atom stereocenters. The van der Waals surface area contributed by atoms with E-state index in [9.17, 15) is 0 Å². The van der Waals surface area contributed by atoms with E-state index in [2.05, 4.69) is 16.8 Å². The first-order valence-corrected chi connectivity index (χ1v) is 3.00. The molecule has 0 atom stereocenters. The van der Waals surface area contributed by atoms with Crippen LogP contribution >= 0.6 is 0 Å². The first-order chi connectivity index (χ1) is 4.43. The third-order valence-electron chi connectivity index (χ3n) is 1.24. The molecule has 2 heteroatoms. The molecular weight excluding hydrogens is 114 g/mol. The van der Waals surface area contributed by atoms with Crippen LogP contribution in [0.25, 0.3) is 0 Å². The third-order valence-corrected chi connectivity index (χ3v) is 1.24. The monoisotopic (exact) mass is 124 g/mol. The number of ether oxygens (including phenoxy) is 1. The molecule has 1 rings (SSSR count). The summed E-state index contributed by atoms with van der Waals surface area (Å²) in [5, 5.41) is 0. The lowest BCUT2D eigenvalue weighted by Crippen LogP contribution is -1.96. The summed E-state index contributed by atoms with van der Waals surface area (Å²) < 4.78 is 4.69. The lowest BCUT2D eigenvalue weighted by molar-refractivity contribution is 0.269. The summed E-state index contributed by atoms with van der Waals surface area (Å²) in [6.07, 6.45) is 5.86. The Balaban J connectivity index is 2.38. The van der Waals surface area contributed by atoms with Crippen LogP contribution in [-0.4, -0.2) is 12.8 Å². The molecule has 0 aromatic heterocycles. The van der Waals surface area contributed by atoms with Gasteiger partial charge < -0.3 is 4.74 Å². The van der Waals surface area contributed by atoms with Gasteiger partial charge in [0, 0.05) is 12.4 Å². The van der Waals surface area contributed by atoms with Gasteiger partial charge in [-0.25, -0.2) is 0 Å². The van der Waals surface area contributed by atoms with E-state index in [1.807, 2.05) is 12.4 Å². The number of hydrogen-bond acceptors (Lipinski definition) is 2. The summed E-state index contributed by atoms with van der Waals surface area (Å²) in [4.78, 5) is 3.98. The van der Waals surface area contributed by atoms with Crippen LogP contribution in [0.4, 0.5) is 0 Å². The van der Waals surface area contributed by atoms with E-state index < -0.39 is 0 Å². The van der Waals surface area contributed by atoms with Crippen LogP contribution in [-0.2, 0) is 4.74 Å². The van der Waals surface area contributed by atoms with Crippen LogP contribution in [0.3, 0.4) is 0 Å². The fourth-order valence-corrected chi connectivity index (χ4v) is 0.788. The van der Waals surface area contributed by atoms with Crippen molar-refractivity contribution in [3.63, 3.8) is 0 Å². The van der Waals surface area contributed by atoms with Gasteiger partial charge in [0.15, 0.2) is 0 Å². The standard InChI is InChI=1S/C7H10NO/c1-9-6-7-3-2-4-8-5-7/h4-5H,1-3,6H2. The van der Waals surface area contributed by atoms with Crippen molar-refractivity contribution in [2.75, 3.05) is 6.61 Å². The van der Waals surface area contributed by atoms with Crippen molar-refractivity contribution in [1.82, 2.24) is 0 Å². The van der Waals surface area contributed by atoms with E-state index in [0.29, 0.717) is 6.61 Å². The lowest BCUT2D eigenvalue weighted by Gasteiger charge is -2.04. The summed E-state index contributed by atoms with van der Waals surface area (Å²) in [7, 11) is 3.29. The van der Waals surface area contributed by atoms with Crippen LogP contribution in [0.15, 0.2) is 16.8 Å². The second kappa shape index (κ2) is 3.41. The van der Waals surface area contributed by atoms with E-state index >= 15 is 0 Å². The van der Waals surface area contributed by atoms with E-state index in [1.165, 1.54) is 5.57 Å². The Morgan fingerprint density at radius 2 is 2.67 bits per heavy atom. The van der Waals surface area contributed by atoms with Crippen molar-refractivity contribution >= 4 is 6.21 Å². The van der Waals surface area contributed by atoms with Gasteiger partial charge in [-0.3, -0.25) is 4.99 Å². The maximum Gasteiger partial charge on any atom is 0.0705 e. The Bertz CT molecular complexity index is 138. The molecule has 0 saturated heterocycles. The van der Waals surface area contributed by atoms with Gasteiger partial charge in [-0.15, -0.1) is 0 Å². The fraction of sp³-hybridized carbons (Fsp3) is 0.429. The van der Waals surface area contributed by atoms with Crippen LogP contribution in [0, 0.1) is 7.11 Å². The summed E-state index contributed by atoms with van der Waals surface area (Å²) >= 11 is 0. The van der Waals surface area contributed by atoms with Gasteiger partial charge in [0.05, 0.1) is 13.7 Å². The van der Waals surface area contributed by atoms with Gasteiger partial charge in [-0.05, 0) is 18.4 Å². The zero-order valence-corrected chi connectivity index (χ0v) is 5.34. The molecule has 1 radical (unpaired) electrons. The van der Waals surface area contributed by atoms with Crippen LogP contribution in [0.2, 0.25) is 0 Å². The number of aliphatic imine (C=N–C) groups is 1. The molecule has 9 heavy (non-hydrogen) atoms. The summed E-state index contributed by atoms with van der Waals surface area (Å²) in [5.74, 6) is 0. The second-order valence-corrected chi connectivity index (χ2v) is 2.01. The minimum atomic E-state index is 0.622. The van der Waals surface area contributed by atoms with E-state index in [-0.39, 0.29) is 0 Å². The Labute approximate surface area is 55.2 Å². The van der Waals surface area contributed by atoms with Crippen LogP contribution in [0.1, 0.15) is 12.8 Å². The molecule has 0 aromatic rings. The highest BCUT2D eigenvalue weighted by Crippen LogP contribution is 2.08. The van der Waals surface area contributed by atoms with Crippen LogP contribution in [0.5, 0.6) is 0 Å². The largest absolute Gasteiger partial charge is 0.375 e. The molecule has 49 valence electrons. The highest BCUT2D eigenvalue weighted by molar-refractivity contribution is 5.60. The normalized spacial score (nSPS) is 17.7. The molecular formula is C7H10NO. The van der Waals surface area contributed by atoms with E-state index in [4.69, 9.17) is 0 Å². The van der Waals surface area contributed by atoms with E-state index in [0.717, 1.165) is 12.8 Å². The Hall–Kier alpha value is -0.630. The first-order valence-electron chi connectivity index (χ1n) is 3.00. The SMILES string of the molecule is [CH2]OCC1=CN=CCC1. The topological polar surface area (TPSA) is 21.6 Å². The lowest BCUT2D eigenvalue weighted by atomic mass is 10.1. The second-order valence-electron chi connectivity index (χ2n) is 2.01. The first kappa shape index (κ1) is 6.49. The van der Waals surface area contributed by atoms with Gasteiger partial charge in [-0.1, -0.05) is 0 Å². The minimum Gasteiger partial charge on any atom is -0.375 e. The van der Waals surface area contributed by atoms with Crippen molar-refractivity contribution in [3.8, 4) is 0 Å². The molecule has 0 N–H and O–H groups in total. The van der Waals surface area contributed by atoms with Gasteiger partial charge in [0.1, 0.15) is 0 Å². The molecule has 0 aromatic carbocycles. The molecule has 1 aliphatic heterocycles. The van der Waals surface area contributed by atoms with Crippen molar-refractivity contribution in [1.29, 1.82) is 0 Å². The molecule has 0 saturated carbocycles. The molecule has 0 aliphatic carbocycles. The molecule has 0 fully saturated rings. The van der Waals surface area contributed by atoms with Crippen molar-refractivity contribution in [3.05, 3.63) is 18.9 Å². The smallest absolute Gasteiger partial charge is 0.0705 e. The molecule has 1 aliphatic rings. The average Bonchev–Trinajstić information content (AvgIpc) is 1.91. The summed E-state index contributed by atoms with van der Waals surface area (Å²) in [6, 6.07) is 0. The molecule has 0 bridgehead atoms. The molecule has 1 heterocycles.